The fourth-order valence-corrected chi connectivity index (χ4v) is 7.54. The average Bonchev–Trinajstić information content (AvgIpc) is 3.25. The number of hydrogen-bond acceptors (Lipinski definition) is 5. The van der Waals surface area contributed by atoms with E-state index in [9.17, 15) is 19.8 Å². The number of allylic oxidation sites excluding steroid dienone is 7. The van der Waals surface area contributed by atoms with Gasteiger partial charge in [-0.25, -0.2) is 0 Å². The highest BCUT2D eigenvalue weighted by atomic mass is 16.5. The molecule has 1 amide bonds. The van der Waals surface area contributed by atoms with Crippen LogP contribution in [0.25, 0.3) is 0 Å². The van der Waals surface area contributed by atoms with Gasteiger partial charge in [0.05, 0.1) is 25.4 Å². The first-order valence-electron chi connectivity index (χ1n) is 25.9. The van der Waals surface area contributed by atoms with Crippen molar-refractivity contribution in [3.8, 4) is 0 Å². The summed E-state index contributed by atoms with van der Waals surface area (Å²) in [6.45, 7) is 4.81. The third kappa shape index (κ3) is 45.3. The van der Waals surface area contributed by atoms with E-state index in [0.29, 0.717) is 19.4 Å². The average molecular weight is 842 g/mol. The molecular formula is C54H99NO5. The zero-order chi connectivity index (χ0) is 43.7. The normalized spacial score (nSPS) is 13.1. The van der Waals surface area contributed by atoms with E-state index in [1.807, 2.05) is 6.08 Å². The molecule has 0 aliphatic carbocycles. The number of rotatable bonds is 47. The maximum atomic E-state index is 12.4. The zero-order valence-corrected chi connectivity index (χ0v) is 39.7. The van der Waals surface area contributed by atoms with Crippen molar-refractivity contribution in [1.29, 1.82) is 0 Å². The molecule has 2 unspecified atom stereocenters. The number of hydrogen-bond donors (Lipinski definition) is 3. The Morgan fingerprint density at radius 3 is 1.28 bits per heavy atom. The quantitative estimate of drug-likeness (QED) is 0.0322. The van der Waals surface area contributed by atoms with Gasteiger partial charge in [0, 0.05) is 12.8 Å². The number of amides is 1. The number of aliphatic hydroxyl groups is 2. The lowest BCUT2D eigenvalue weighted by molar-refractivity contribution is -0.143. The van der Waals surface area contributed by atoms with Crippen molar-refractivity contribution in [2.24, 2.45) is 0 Å². The van der Waals surface area contributed by atoms with Crippen molar-refractivity contribution in [2.45, 2.75) is 270 Å². The second-order valence-electron chi connectivity index (χ2n) is 17.5. The number of esters is 1. The van der Waals surface area contributed by atoms with Gasteiger partial charge in [-0.1, -0.05) is 197 Å². The number of ether oxygens (including phenoxy) is 1. The van der Waals surface area contributed by atoms with Crippen molar-refractivity contribution >= 4 is 11.9 Å². The Bertz CT molecular complexity index is 1020. The van der Waals surface area contributed by atoms with Gasteiger partial charge in [-0.2, -0.15) is 0 Å². The summed E-state index contributed by atoms with van der Waals surface area (Å²) < 4.78 is 5.45. The molecule has 0 aliphatic rings. The molecule has 0 heterocycles. The van der Waals surface area contributed by atoms with Crippen LogP contribution >= 0.6 is 0 Å². The van der Waals surface area contributed by atoms with Crippen LogP contribution in [0, 0.1) is 0 Å². The molecule has 0 spiro atoms. The third-order valence-corrected chi connectivity index (χ3v) is 11.6. The SMILES string of the molecule is CCCCCCCC/C=C\CCCCCCCCCC(=O)OCCCCC/C=C\C/C=C\CCCCCCCCCC(=O)NC(CO)C(O)/C=C/CCCCCCCCC. The summed E-state index contributed by atoms with van der Waals surface area (Å²) in [5.41, 5.74) is 0. The van der Waals surface area contributed by atoms with E-state index in [4.69, 9.17) is 4.74 Å². The van der Waals surface area contributed by atoms with E-state index in [-0.39, 0.29) is 18.5 Å². The lowest BCUT2D eigenvalue weighted by atomic mass is 10.1. The van der Waals surface area contributed by atoms with Crippen LogP contribution in [0.4, 0.5) is 0 Å². The van der Waals surface area contributed by atoms with Gasteiger partial charge in [0.1, 0.15) is 0 Å². The summed E-state index contributed by atoms with van der Waals surface area (Å²) in [5.74, 6) is -0.109. The van der Waals surface area contributed by atoms with Crippen molar-refractivity contribution in [1.82, 2.24) is 5.32 Å². The fraction of sp³-hybridized carbons (Fsp3) is 0.815. The van der Waals surface area contributed by atoms with Crippen molar-refractivity contribution in [3.05, 3.63) is 48.6 Å². The molecule has 0 aromatic rings. The van der Waals surface area contributed by atoms with Gasteiger partial charge >= 0.3 is 5.97 Å². The molecule has 0 aliphatic heterocycles. The number of carbonyl (C=O) groups is 2. The minimum atomic E-state index is -0.853. The summed E-state index contributed by atoms with van der Waals surface area (Å²) in [6, 6.07) is -0.638. The fourth-order valence-electron chi connectivity index (χ4n) is 7.54. The number of unbranched alkanes of at least 4 members (excludes halogenated alkanes) is 30. The molecule has 0 fully saturated rings. The summed E-state index contributed by atoms with van der Waals surface area (Å²) in [7, 11) is 0. The van der Waals surface area contributed by atoms with Crippen LogP contribution in [0.3, 0.4) is 0 Å². The Morgan fingerprint density at radius 1 is 0.467 bits per heavy atom. The molecule has 0 aromatic heterocycles. The second kappa shape index (κ2) is 49.5. The van der Waals surface area contributed by atoms with Crippen LogP contribution in [0.2, 0.25) is 0 Å². The van der Waals surface area contributed by atoms with E-state index in [0.717, 1.165) is 83.5 Å². The van der Waals surface area contributed by atoms with Crippen LogP contribution in [0.1, 0.15) is 258 Å². The summed E-state index contributed by atoms with van der Waals surface area (Å²) >= 11 is 0. The van der Waals surface area contributed by atoms with Gasteiger partial charge in [-0.05, 0) is 96.3 Å². The van der Waals surface area contributed by atoms with Crippen LogP contribution < -0.4 is 5.32 Å². The van der Waals surface area contributed by atoms with Crippen molar-refractivity contribution in [3.63, 3.8) is 0 Å². The van der Waals surface area contributed by atoms with Crippen LogP contribution in [-0.4, -0.2) is 47.4 Å². The van der Waals surface area contributed by atoms with Crippen molar-refractivity contribution < 1.29 is 24.5 Å². The molecule has 0 bridgehead atoms. The number of nitrogens with one attached hydrogen (secondary N) is 1. The minimum Gasteiger partial charge on any atom is -0.466 e. The maximum Gasteiger partial charge on any atom is 0.305 e. The van der Waals surface area contributed by atoms with Crippen LogP contribution in [-0.2, 0) is 14.3 Å². The van der Waals surface area contributed by atoms with Crippen LogP contribution in [0.15, 0.2) is 48.6 Å². The topological polar surface area (TPSA) is 95.9 Å². The second-order valence-corrected chi connectivity index (χ2v) is 17.5. The smallest absolute Gasteiger partial charge is 0.305 e. The molecular weight excluding hydrogens is 743 g/mol. The van der Waals surface area contributed by atoms with Gasteiger partial charge in [-0.3, -0.25) is 9.59 Å². The van der Waals surface area contributed by atoms with E-state index < -0.39 is 12.1 Å². The molecule has 60 heavy (non-hydrogen) atoms. The van der Waals surface area contributed by atoms with Gasteiger partial charge in [0.2, 0.25) is 5.91 Å². The molecule has 6 heteroatoms. The Hall–Kier alpha value is -2.18. The predicted molar refractivity (Wildman–Crippen MR) is 259 cm³/mol. The molecule has 0 radical (unpaired) electrons. The van der Waals surface area contributed by atoms with E-state index in [1.54, 1.807) is 6.08 Å². The third-order valence-electron chi connectivity index (χ3n) is 11.6. The highest BCUT2D eigenvalue weighted by Crippen LogP contribution is 2.14. The Balaban J connectivity index is 3.50. The monoisotopic (exact) mass is 842 g/mol. The number of aliphatic hydroxyl groups excluding tert-OH is 2. The van der Waals surface area contributed by atoms with Crippen LogP contribution in [0.5, 0.6) is 0 Å². The lowest BCUT2D eigenvalue weighted by Gasteiger charge is -2.20. The standard InChI is InChI=1S/C54H99NO5/c1-3-5-7-9-11-13-14-15-16-18-22-25-28-32-36-40-44-48-54(59)60-49-45-41-37-33-29-26-23-20-17-19-21-24-27-31-35-39-43-47-53(58)55-51(50-56)52(57)46-42-38-34-30-12-10-8-6-4-2/h15-17,20,26,29,42,46,51-52,56-57H,3-14,18-19,21-25,27-28,30-41,43-45,47-50H2,1-2H3,(H,55,58)/b16-15-,20-17-,29-26-,46-42+. The summed E-state index contributed by atoms with van der Waals surface area (Å²) in [6.07, 6.45) is 61.2. The van der Waals surface area contributed by atoms with Gasteiger partial charge < -0.3 is 20.3 Å². The van der Waals surface area contributed by atoms with E-state index >= 15 is 0 Å². The molecule has 3 N–H and O–H groups in total. The minimum absolute atomic E-state index is 0.0210. The lowest BCUT2D eigenvalue weighted by Crippen LogP contribution is -2.45. The first-order chi connectivity index (χ1) is 29.5. The zero-order valence-electron chi connectivity index (χ0n) is 39.7. The molecule has 0 saturated carbocycles. The summed E-state index contributed by atoms with van der Waals surface area (Å²) in [5, 5.41) is 22.9. The molecule has 2 atom stereocenters. The first kappa shape index (κ1) is 57.8. The predicted octanol–water partition coefficient (Wildman–Crippen LogP) is 15.5. The number of carbonyl (C=O) groups excluding carboxylic acids is 2. The molecule has 6 nitrogen and oxygen atoms in total. The van der Waals surface area contributed by atoms with Gasteiger partial charge in [0.15, 0.2) is 0 Å². The molecule has 350 valence electrons. The molecule has 0 aromatic carbocycles. The largest absolute Gasteiger partial charge is 0.466 e. The van der Waals surface area contributed by atoms with Crippen molar-refractivity contribution in [2.75, 3.05) is 13.2 Å². The Labute approximate surface area is 372 Å². The molecule has 0 rings (SSSR count). The highest BCUT2D eigenvalue weighted by Gasteiger charge is 2.18. The first-order valence-corrected chi connectivity index (χ1v) is 25.9. The highest BCUT2D eigenvalue weighted by molar-refractivity contribution is 5.76. The van der Waals surface area contributed by atoms with E-state index in [1.165, 1.54) is 148 Å². The van der Waals surface area contributed by atoms with E-state index in [2.05, 4.69) is 55.6 Å². The Kier molecular flexibility index (Phi) is 47.7. The van der Waals surface area contributed by atoms with Gasteiger partial charge in [-0.15, -0.1) is 0 Å². The van der Waals surface area contributed by atoms with Gasteiger partial charge in [0.25, 0.3) is 0 Å². The maximum absolute atomic E-state index is 12.4. The Morgan fingerprint density at radius 2 is 0.833 bits per heavy atom. The summed E-state index contributed by atoms with van der Waals surface area (Å²) in [4.78, 5) is 24.4. The molecule has 0 saturated heterocycles.